The molecule has 0 spiro atoms. The Bertz CT molecular complexity index is 364. The number of hydrogen-bond donors (Lipinski definition) is 1. The van der Waals surface area contributed by atoms with Crippen LogP contribution < -0.4 is 5.32 Å². The molecule has 0 radical (unpaired) electrons. The SMILES string of the molecule is C=C/C(F)=C\C(=C)/C=C1/CN(C)C(=C)N1. The maximum Gasteiger partial charge on any atom is 0.123 e. The summed E-state index contributed by atoms with van der Waals surface area (Å²) in [6, 6.07) is 0. The van der Waals surface area contributed by atoms with E-state index in [-0.39, 0.29) is 5.83 Å². The molecular weight excluding hydrogens is 191 g/mol. The van der Waals surface area contributed by atoms with E-state index in [1.54, 1.807) is 6.08 Å². The van der Waals surface area contributed by atoms with Crippen LogP contribution in [0.2, 0.25) is 0 Å². The van der Waals surface area contributed by atoms with Gasteiger partial charge in [-0.25, -0.2) is 4.39 Å². The molecule has 0 amide bonds. The topological polar surface area (TPSA) is 15.3 Å². The van der Waals surface area contributed by atoms with Gasteiger partial charge in [-0.15, -0.1) is 0 Å². The Hall–Kier alpha value is -1.77. The molecule has 0 aliphatic carbocycles. The minimum atomic E-state index is -0.387. The lowest BCUT2D eigenvalue weighted by Crippen LogP contribution is -2.11. The first-order valence-electron chi connectivity index (χ1n) is 4.59. The molecule has 1 N–H and O–H groups in total. The summed E-state index contributed by atoms with van der Waals surface area (Å²) in [6.07, 6.45) is 4.28. The Kier molecular flexibility index (Phi) is 3.50. The van der Waals surface area contributed by atoms with Crippen LogP contribution >= 0.6 is 0 Å². The van der Waals surface area contributed by atoms with Crippen LogP contribution in [0.15, 0.2) is 60.9 Å². The van der Waals surface area contributed by atoms with Crippen LogP contribution in [0, 0.1) is 0 Å². The predicted octanol–water partition coefficient (Wildman–Crippen LogP) is 2.47. The quantitative estimate of drug-likeness (QED) is 0.714. The minimum Gasteiger partial charge on any atom is -0.356 e. The highest BCUT2D eigenvalue weighted by atomic mass is 19.1. The molecule has 15 heavy (non-hydrogen) atoms. The summed E-state index contributed by atoms with van der Waals surface area (Å²) >= 11 is 0. The summed E-state index contributed by atoms with van der Waals surface area (Å²) in [6.45, 7) is 11.6. The zero-order chi connectivity index (χ0) is 11.4. The predicted molar refractivity (Wildman–Crippen MR) is 61.5 cm³/mol. The molecule has 1 aliphatic heterocycles. The van der Waals surface area contributed by atoms with E-state index in [9.17, 15) is 4.39 Å². The molecule has 0 unspecified atom stereocenters. The van der Waals surface area contributed by atoms with Crippen LogP contribution in [0.1, 0.15) is 0 Å². The van der Waals surface area contributed by atoms with Gasteiger partial charge >= 0.3 is 0 Å². The number of halogens is 1. The van der Waals surface area contributed by atoms with Crippen molar-refractivity contribution in [2.75, 3.05) is 13.6 Å². The third kappa shape index (κ3) is 3.13. The highest BCUT2D eigenvalue weighted by Gasteiger charge is 2.13. The summed E-state index contributed by atoms with van der Waals surface area (Å²) in [4.78, 5) is 1.96. The first-order valence-corrected chi connectivity index (χ1v) is 4.59. The zero-order valence-corrected chi connectivity index (χ0v) is 8.89. The van der Waals surface area contributed by atoms with Crippen molar-refractivity contribution in [2.45, 2.75) is 0 Å². The molecule has 1 rings (SSSR count). The molecule has 1 aliphatic rings. The van der Waals surface area contributed by atoms with Crippen molar-refractivity contribution in [3.05, 3.63) is 60.9 Å². The second kappa shape index (κ2) is 4.64. The van der Waals surface area contributed by atoms with Crippen LogP contribution in [0.5, 0.6) is 0 Å². The molecule has 80 valence electrons. The molecule has 3 heteroatoms. The van der Waals surface area contributed by atoms with E-state index in [1.807, 2.05) is 11.9 Å². The van der Waals surface area contributed by atoms with Crippen molar-refractivity contribution in [1.29, 1.82) is 0 Å². The second-order valence-corrected chi connectivity index (χ2v) is 3.41. The number of nitrogens with zero attached hydrogens (tertiary/aromatic N) is 1. The standard InChI is InChI=1S/C12H15FN2/c1-5-11(13)6-9(2)7-12-8-15(4)10(3)14-12/h5-7,14H,1-3,8H2,4H3/b11-6+,12-7-. The Balaban J connectivity index is 2.69. The van der Waals surface area contributed by atoms with Gasteiger partial charge in [0.1, 0.15) is 5.83 Å². The molecule has 1 heterocycles. The number of allylic oxidation sites excluding steroid dienone is 5. The smallest absolute Gasteiger partial charge is 0.123 e. The van der Waals surface area contributed by atoms with Crippen molar-refractivity contribution < 1.29 is 4.39 Å². The fraction of sp³-hybridized carbons (Fsp3) is 0.167. The average Bonchev–Trinajstić information content (AvgIpc) is 2.45. The molecular formula is C12H15FN2. The van der Waals surface area contributed by atoms with Gasteiger partial charge in [0.2, 0.25) is 0 Å². The summed E-state index contributed by atoms with van der Waals surface area (Å²) in [5.41, 5.74) is 1.55. The highest BCUT2D eigenvalue weighted by molar-refractivity contribution is 5.36. The number of likely N-dealkylation sites (N-methyl/N-ethyl adjacent to an activating group) is 1. The molecule has 0 aromatic carbocycles. The Labute approximate surface area is 89.8 Å². The van der Waals surface area contributed by atoms with E-state index in [1.165, 1.54) is 6.08 Å². The van der Waals surface area contributed by atoms with E-state index in [0.717, 1.165) is 24.1 Å². The summed E-state index contributed by atoms with van der Waals surface area (Å²) in [7, 11) is 1.93. The lowest BCUT2D eigenvalue weighted by Gasteiger charge is -2.06. The van der Waals surface area contributed by atoms with Gasteiger partial charge in [0.15, 0.2) is 0 Å². The van der Waals surface area contributed by atoms with Gasteiger partial charge in [-0.1, -0.05) is 19.7 Å². The van der Waals surface area contributed by atoms with Gasteiger partial charge in [-0.05, 0) is 23.8 Å². The number of hydrogen-bond acceptors (Lipinski definition) is 2. The lowest BCUT2D eigenvalue weighted by molar-refractivity contribution is 0.493. The van der Waals surface area contributed by atoms with Crippen LogP contribution in [-0.4, -0.2) is 18.5 Å². The Morgan fingerprint density at radius 2 is 2.27 bits per heavy atom. The van der Waals surface area contributed by atoms with E-state index in [2.05, 4.69) is 25.1 Å². The third-order valence-electron chi connectivity index (χ3n) is 2.05. The molecule has 2 nitrogen and oxygen atoms in total. The molecule has 0 aromatic heterocycles. The van der Waals surface area contributed by atoms with Crippen molar-refractivity contribution in [1.82, 2.24) is 10.2 Å². The second-order valence-electron chi connectivity index (χ2n) is 3.41. The molecule has 0 aromatic rings. The first kappa shape index (κ1) is 11.3. The van der Waals surface area contributed by atoms with Crippen LogP contribution in [0.3, 0.4) is 0 Å². The lowest BCUT2D eigenvalue weighted by atomic mass is 10.2. The number of rotatable bonds is 3. The van der Waals surface area contributed by atoms with Crippen LogP contribution in [0.4, 0.5) is 4.39 Å². The van der Waals surface area contributed by atoms with E-state index in [4.69, 9.17) is 0 Å². The van der Waals surface area contributed by atoms with Gasteiger partial charge < -0.3 is 10.2 Å². The molecule has 1 fully saturated rings. The first-order chi connectivity index (χ1) is 7.02. The van der Waals surface area contributed by atoms with Gasteiger partial charge in [0.25, 0.3) is 0 Å². The van der Waals surface area contributed by atoms with Gasteiger partial charge in [-0.2, -0.15) is 0 Å². The summed E-state index contributed by atoms with van der Waals surface area (Å²) in [5.74, 6) is 0.448. The van der Waals surface area contributed by atoms with Crippen LogP contribution in [0.25, 0.3) is 0 Å². The van der Waals surface area contributed by atoms with Crippen LogP contribution in [-0.2, 0) is 0 Å². The van der Waals surface area contributed by atoms with Gasteiger partial charge in [-0.3, -0.25) is 0 Å². The van der Waals surface area contributed by atoms with Gasteiger partial charge in [0, 0.05) is 12.7 Å². The fourth-order valence-electron chi connectivity index (χ4n) is 1.25. The highest BCUT2D eigenvalue weighted by Crippen LogP contribution is 2.13. The van der Waals surface area contributed by atoms with E-state index >= 15 is 0 Å². The van der Waals surface area contributed by atoms with Crippen molar-refractivity contribution in [3.8, 4) is 0 Å². The zero-order valence-electron chi connectivity index (χ0n) is 8.89. The maximum atomic E-state index is 12.8. The number of nitrogens with one attached hydrogen (secondary N) is 1. The monoisotopic (exact) mass is 206 g/mol. The molecule has 1 saturated heterocycles. The van der Waals surface area contributed by atoms with E-state index < -0.39 is 0 Å². The van der Waals surface area contributed by atoms with Gasteiger partial charge in [0.05, 0.1) is 12.4 Å². The van der Waals surface area contributed by atoms with Crippen molar-refractivity contribution >= 4 is 0 Å². The molecule has 0 saturated carbocycles. The maximum absolute atomic E-state index is 12.8. The molecule has 0 bridgehead atoms. The fourth-order valence-corrected chi connectivity index (χ4v) is 1.25. The average molecular weight is 206 g/mol. The summed E-state index contributed by atoms with van der Waals surface area (Å²) < 4.78 is 12.8. The normalized spacial score (nSPS) is 19.3. The molecule has 0 atom stereocenters. The largest absolute Gasteiger partial charge is 0.356 e. The van der Waals surface area contributed by atoms with E-state index in [0.29, 0.717) is 5.57 Å². The third-order valence-corrected chi connectivity index (χ3v) is 2.05. The van der Waals surface area contributed by atoms with Crippen molar-refractivity contribution in [3.63, 3.8) is 0 Å². The Morgan fingerprint density at radius 1 is 1.60 bits per heavy atom. The minimum absolute atomic E-state index is 0.387. The summed E-state index contributed by atoms with van der Waals surface area (Å²) in [5, 5.41) is 3.08. The Morgan fingerprint density at radius 3 is 2.73 bits per heavy atom. The van der Waals surface area contributed by atoms with Crippen molar-refractivity contribution in [2.24, 2.45) is 0 Å².